The lowest BCUT2D eigenvalue weighted by Gasteiger charge is -2.21. The summed E-state index contributed by atoms with van der Waals surface area (Å²) in [4.78, 5) is 35.8. The Labute approximate surface area is 156 Å². The molecule has 0 aliphatic heterocycles. The predicted molar refractivity (Wildman–Crippen MR) is 97.6 cm³/mol. The van der Waals surface area contributed by atoms with Gasteiger partial charge in [0.15, 0.2) is 5.82 Å². The van der Waals surface area contributed by atoms with Gasteiger partial charge in [-0.15, -0.1) is 0 Å². The van der Waals surface area contributed by atoms with Crippen molar-refractivity contribution in [3.8, 4) is 5.75 Å². The molecule has 2 amide bonds. The van der Waals surface area contributed by atoms with Gasteiger partial charge in [-0.2, -0.15) is 5.10 Å². The molecule has 2 aromatic rings. The molecule has 0 saturated heterocycles. The van der Waals surface area contributed by atoms with Crippen LogP contribution in [0.2, 0.25) is 0 Å². The summed E-state index contributed by atoms with van der Waals surface area (Å²) in [5, 5.41) is 18.0. The first-order chi connectivity index (χ1) is 12.8. The van der Waals surface area contributed by atoms with Crippen molar-refractivity contribution in [2.45, 2.75) is 26.4 Å². The number of carbonyl (C=O) groups is 3. The van der Waals surface area contributed by atoms with Crippen LogP contribution in [0.3, 0.4) is 0 Å². The number of aliphatic carboxylic acids is 1. The van der Waals surface area contributed by atoms with E-state index in [1.807, 2.05) is 0 Å². The Kier molecular flexibility index (Phi) is 6.53. The van der Waals surface area contributed by atoms with Crippen LogP contribution in [-0.4, -0.2) is 45.8 Å². The molecule has 3 N–H and O–H groups in total. The van der Waals surface area contributed by atoms with E-state index in [2.05, 4.69) is 15.7 Å². The van der Waals surface area contributed by atoms with Gasteiger partial charge in [-0.25, -0.2) is 0 Å². The zero-order valence-corrected chi connectivity index (χ0v) is 15.3. The summed E-state index contributed by atoms with van der Waals surface area (Å²) in [7, 11) is 1.46. The lowest BCUT2D eigenvalue weighted by Crippen LogP contribution is -2.47. The number of hydrogen-bond acceptors (Lipinski definition) is 5. The van der Waals surface area contributed by atoms with E-state index in [0.29, 0.717) is 11.3 Å². The van der Waals surface area contributed by atoms with Gasteiger partial charge < -0.3 is 20.5 Å². The van der Waals surface area contributed by atoms with Crippen LogP contribution in [0.5, 0.6) is 5.75 Å². The first-order valence-corrected chi connectivity index (χ1v) is 8.31. The molecule has 1 aromatic carbocycles. The normalized spacial score (nSPS) is 11.7. The summed E-state index contributed by atoms with van der Waals surface area (Å²) >= 11 is 0. The summed E-state index contributed by atoms with van der Waals surface area (Å²) in [6.45, 7) is 3.29. The van der Waals surface area contributed by atoms with Crippen molar-refractivity contribution < 1.29 is 24.2 Å². The van der Waals surface area contributed by atoms with Crippen LogP contribution in [0.15, 0.2) is 36.5 Å². The van der Waals surface area contributed by atoms with Gasteiger partial charge in [-0.3, -0.25) is 19.1 Å². The number of amides is 2. The average Bonchev–Trinajstić information content (AvgIpc) is 3.04. The van der Waals surface area contributed by atoms with Gasteiger partial charge in [-0.1, -0.05) is 26.0 Å². The van der Waals surface area contributed by atoms with Crippen molar-refractivity contribution in [1.82, 2.24) is 15.1 Å². The minimum atomic E-state index is -1.04. The Bertz CT molecular complexity index is 831. The zero-order chi connectivity index (χ0) is 20.0. The third-order valence-corrected chi connectivity index (χ3v) is 3.78. The number of rotatable bonds is 8. The van der Waals surface area contributed by atoms with Crippen molar-refractivity contribution in [1.29, 1.82) is 0 Å². The fraction of sp³-hybridized carbons (Fsp3) is 0.333. The highest BCUT2D eigenvalue weighted by Crippen LogP contribution is 2.18. The quantitative estimate of drug-likeness (QED) is 0.641. The van der Waals surface area contributed by atoms with E-state index in [9.17, 15) is 14.4 Å². The third kappa shape index (κ3) is 5.30. The van der Waals surface area contributed by atoms with Crippen molar-refractivity contribution >= 4 is 23.6 Å². The Balaban J connectivity index is 2.09. The molecule has 2 rings (SSSR count). The molecule has 1 unspecified atom stereocenters. The number of aromatic nitrogens is 2. The minimum absolute atomic E-state index is 0.190. The van der Waals surface area contributed by atoms with Gasteiger partial charge in [0.25, 0.3) is 5.91 Å². The Morgan fingerprint density at radius 3 is 2.56 bits per heavy atom. The first-order valence-electron chi connectivity index (χ1n) is 8.31. The van der Waals surface area contributed by atoms with Crippen LogP contribution in [0.1, 0.15) is 24.2 Å². The van der Waals surface area contributed by atoms with Crippen molar-refractivity contribution in [2.24, 2.45) is 5.92 Å². The molecule has 0 spiro atoms. The second kappa shape index (κ2) is 8.84. The van der Waals surface area contributed by atoms with E-state index in [0.717, 1.165) is 0 Å². The number of anilines is 1. The fourth-order valence-corrected chi connectivity index (χ4v) is 2.45. The number of para-hydroxylation sites is 1. The molecule has 0 radical (unpaired) electrons. The van der Waals surface area contributed by atoms with Gasteiger partial charge in [0.2, 0.25) is 5.91 Å². The monoisotopic (exact) mass is 374 g/mol. The molecule has 1 heterocycles. The Morgan fingerprint density at radius 1 is 1.22 bits per heavy atom. The molecule has 0 aliphatic rings. The molecule has 0 fully saturated rings. The molecule has 0 saturated carbocycles. The summed E-state index contributed by atoms with van der Waals surface area (Å²) in [6, 6.07) is 7.39. The van der Waals surface area contributed by atoms with E-state index in [-0.39, 0.29) is 18.3 Å². The molecular formula is C18H22N4O5. The van der Waals surface area contributed by atoms with Gasteiger partial charge in [0, 0.05) is 12.3 Å². The van der Waals surface area contributed by atoms with Crippen molar-refractivity contribution in [3.63, 3.8) is 0 Å². The highest BCUT2D eigenvalue weighted by atomic mass is 16.5. The predicted octanol–water partition coefficient (Wildman–Crippen LogP) is 1.37. The van der Waals surface area contributed by atoms with Gasteiger partial charge >= 0.3 is 5.97 Å². The SMILES string of the molecule is COc1ccccc1C(=O)NC(C(=O)Nc1ccn(CC(=O)O)n1)C(C)C. The van der Waals surface area contributed by atoms with Crippen LogP contribution >= 0.6 is 0 Å². The van der Waals surface area contributed by atoms with Gasteiger partial charge in [-0.05, 0) is 18.1 Å². The number of hydrogen-bond donors (Lipinski definition) is 3. The molecule has 0 aliphatic carbocycles. The lowest BCUT2D eigenvalue weighted by atomic mass is 10.0. The lowest BCUT2D eigenvalue weighted by molar-refractivity contribution is -0.137. The number of methoxy groups -OCH3 is 1. The Morgan fingerprint density at radius 2 is 1.93 bits per heavy atom. The summed E-state index contributed by atoms with van der Waals surface area (Å²) in [5.41, 5.74) is 0.323. The first kappa shape index (κ1) is 20.0. The van der Waals surface area contributed by atoms with E-state index < -0.39 is 23.8 Å². The van der Waals surface area contributed by atoms with Gasteiger partial charge in [0.1, 0.15) is 18.3 Å². The molecule has 1 aromatic heterocycles. The van der Waals surface area contributed by atoms with Crippen LogP contribution < -0.4 is 15.4 Å². The minimum Gasteiger partial charge on any atom is -0.496 e. The molecule has 1 atom stereocenters. The number of carboxylic acid groups (broad SMARTS) is 1. The fourth-order valence-electron chi connectivity index (χ4n) is 2.45. The maximum Gasteiger partial charge on any atom is 0.325 e. The molecule has 9 nitrogen and oxygen atoms in total. The molecule has 144 valence electrons. The number of nitrogens with one attached hydrogen (secondary N) is 2. The van der Waals surface area contributed by atoms with E-state index in [1.54, 1.807) is 38.1 Å². The molecule has 9 heteroatoms. The van der Waals surface area contributed by atoms with Crippen molar-refractivity contribution in [2.75, 3.05) is 12.4 Å². The highest BCUT2D eigenvalue weighted by molar-refractivity contribution is 6.02. The van der Waals surface area contributed by atoms with Crippen LogP contribution in [0.4, 0.5) is 5.82 Å². The summed E-state index contributed by atoms with van der Waals surface area (Å²) < 4.78 is 6.37. The summed E-state index contributed by atoms with van der Waals surface area (Å²) in [5.74, 6) is -1.50. The maximum absolute atomic E-state index is 12.6. The molecule has 27 heavy (non-hydrogen) atoms. The van der Waals surface area contributed by atoms with E-state index in [4.69, 9.17) is 9.84 Å². The standard InChI is InChI=1S/C18H22N4O5/c1-11(2)16(20-17(25)12-6-4-5-7-13(12)27-3)18(26)19-14-8-9-22(21-14)10-15(23)24/h4-9,11,16H,10H2,1-3H3,(H,20,25)(H,23,24)(H,19,21,26). The summed E-state index contributed by atoms with van der Waals surface area (Å²) in [6.07, 6.45) is 1.45. The van der Waals surface area contributed by atoms with Crippen LogP contribution in [0.25, 0.3) is 0 Å². The number of ether oxygens (including phenoxy) is 1. The van der Waals surface area contributed by atoms with E-state index >= 15 is 0 Å². The zero-order valence-electron chi connectivity index (χ0n) is 15.3. The highest BCUT2D eigenvalue weighted by Gasteiger charge is 2.26. The molecular weight excluding hydrogens is 352 g/mol. The maximum atomic E-state index is 12.6. The third-order valence-electron chi connectivity index (χ3n) is 3.78. The number of carbonyl (C=O) groups excluding carboxylic acids is 2. The average molecular weight is 374 g/mol. The number of carboxylic acids is 1. The van der Waals surface area contributed by atoms with Gasteiger partial charge in [0.05, 0.1) is 12.7 Å². The number of benzene rings is 1. The van der Waals surface area contributed by atoms with Crippen molar-refractivity contribution in [3.05, 3.63) is 42.1 Å². The second-order valence-corrected chi connectivity index (χ2v) is 6.18. The largest absolute Gasteiger partial charge is 0.496 e. The van der Waals surface area contributed by atoms with E-state index in [1.165, 1.54) is 24.1 Å². The van der Waals surface area contributed by atoms with Crippen LogP contribution in [0, 0.1) is 5.92 Å². The molecule has 0 bridgehead atoms. The Hall–Kier alpha value is -3.36. The van der Waals surface area contributed by atoms with Crippen LogP contribution in [-0.2, 0) is 16.1 Å². The number of nitrogens with zero attached hydrogens (tertiary/aromatic N) is 2. The topological polar surface area (TPSA) is 123 Å². The second-order valence-electron chi connectivity index (χ2n) is 6.18. The smallest absolute Gasteiger partial charge is 0.325 e.